The zero-order valence-corrected chi connectivity index (χ0v) is 17.6. The molecule has 1 saturated heterocycles. The van der Waals surface area contributed by atoms with Crippen molar-refractivity contribution in [1.29, 1.82) is 0 Å². The molecule has 2 aliphatic rings. The molecule has 6 nitrogen and oxygen atoms in total. The number of amides is 2. The van der Waals surface area contributed by atoms with E-state index in [9.17, 15) is 9.59 Å². The van der Waals surface area contributed by atoms with Crippen LogP contribution in [0.1, 0.15) is 28.9 Å². The summed E-state index contributed by atoms with van der Waals surface area (Å²) in [7, 11) is 0. The average molecular weight is 417 g/mol. The molecule has 2 fully saturated rings. The van der Waals surface area contributed by atoms with Gasteiger partial charge >= 0.3 is 0 Å². The smallest absolute Gasteiger partial charge is 0.270 e. The molecule has 0 unspecified atom stereocenters. The molecule has 31 heavy (non-hydrogen) atoms. The first-order chi connectivity index (χ1) is 15.1. The molecule has 1 aromatic heterocycles. The van der Waals surface area contributed by atoms with E-state index in [2.05, 4.69) is 39.5 Å². The highest BCUT2D eigenvalue weighted by Crippen LogP contribution is 2.47. The molecule has 5 rings (SSSR count). The second-order valence-corrected chi connectivity index (χ2v) is 8.76. The molecule has 160 valence electrons. The summed E-state index contributed by atoms with van der Waals surface area (Å²) in [4.78, 5) is 32.6. The minimum Gasteiger partial charge on any atom is -0.354 e. The number of hydrogen-bond acceptors (Lipinski definition) is 3. The molecule has 3 aromatic rings. The van der Waals surface area contributed by atoms with Gasteiger partial charge in [-0.15, -0.1) is 0 Å². The fraction of sp³-hybridized carbons (Fsp3) is 0.360. The van der Waals surface area contributed by atoms with Crippen LogP contribution in [-0.2, 0) is 10.2 Å². The molecule has 2 amide bonds. The van der Waals surface area contributed by atoms with Gasteiger partial charge in [0.05, 0.1) is 6.54 Å². The van der Waals surface area contributed by atoms with Gasteiger partial charge in [-0.05, 0) is 30.5 Å². The van der Waals surface area contributed by atoms with Crippen molar-refractivity contribution in [2.75, 3.05) is 39.3 Å². The largest absolute Gasteiger partial charge is 0.354 e. The van der Waals surface area contributed by atoms with Crippen molar-refractivity contribution >= 4 is 22.7 Å². The lowest BCUT2D eigenvalue weighted by molar-refractivity contribution is -0.122. The number of H-pyrrole nitrogens is 1. The summed E-state index contributed by atoms with van der Waals surface area (Å²) >= 11 is 0. The number of aromatic nitrogens is 1. The number of para-hydroxylation sites is 1. The second kappa shape index (κ2) is 8.19. The van der Waals surface area contributed by atoms with Crippen molar-refractivity contribution in [1.82, 2.24) is 20.1 Å². The third kappa shape index (κ3) is 4.21. The lowest BCUT2D eigenvalue weighted by Gasteiger charge is -2.34. The monoisotopic (exact) mass is 416 g/mol. The van der Waals surface area contributed by atoms with Crippen LogP contribution in [0.25, 0.3) is 10.9 Å². The first-order valence-corrected chi connectivity index (χ1v) is 11.0. The maximum Gasteiger partial charge on any atom is 0.270 e. The third-order valence-electron chi connectivity index (χ3n) is 6.65. The van der Waals surface area contributed by atoms with Crippen molar-refractivity contribution < 1.29 is 9.59 Å². The first kappa shape index (κ1) is 19.8. The minimum absolute atomic E-state index is 0.0267. The summed E-state index contributed by atoms with van der Waals surface area (Å²) in [5.74, 6) is 0.0939. The Labute approximate surface area is 182 Å². The zero-order valence-electron chi connectivity index (χ0n) is 17.6. The van der Waals surface area contributed by atoms with Crippen molar-refractivity contribution in [3.05, 3.63) is 71.9 Å². The van der Waals surface area contributed by atoms with Gasteiger partial charge in [0.15, 0.2) is 0 Å². The molecule has 6 heteroatoms. The average Bonchev–Trinajstić information content (AvgIpc) is 3.48. The second-order valence-electron chi connectivity index (χ2n) is 8.76. The van der Waals surface area contributed by atoms with Crippen molar-refractivity contribution in [2.24, 2.45) is 0 Å². The van der Waals surface area contributed by atoms with Crippen LogP contribution >= 0.6 is 0 Å². The number of hydrogen-bond donors (Lipinski definition) is 2. The lowest BCUT2D eigenvalue weighted by atomic mass is 9.96. The summed E-state index contributed by atoms with van der Waals surface area (Å²) in [6, 6.07) is 20.3. The molecule has 0 radical (unpaired) electrons. The van der Waals surface area contributed by atoms with E-state index in [1.165, 1.54) is 5.56 Å². The highest BCUT2D eigenvalue weighted by atomic mass is 16.2. The summed E-state index contributed by atoms with van der Waals surface area (Å²) in [6.07, 6.45) is 2.26. The van der Waals surface area contributed by atoms with Gasteiger partial charge in [-0.3, -0.25) is 14.5 Å². The van der Waals surface area contributed by atoms with Gasteiger partial charge in [-0.1, -0.05) is 48.5 Å². The Morgan fingerprint density at radius 3 is 2.35 bits per heavy atom. The lowest BCUT2D eigenvalue weighted by Crippen LogP contribution is -2.51. The zero-order chi connectivity index (χ0) is 21.3. The summed E-state index contributed by atoms with van der Waals surface area (Å²) in [6.45, 7) is 3.78. The number of rotatable bonds is 6. The number of carbonyl (C=O) groups excluding carboxylic acids is 2. The summed E-state index contributed by atoms with van der Waals surface area (Å²) in [5, 5.41) is 4.19. The number of piperazine rings is 1. The van der Waals surface area contributed by atoms with E-state index in [0.717, 1.165) is 23.7 Å². The van der Waals surface area contributed by atoms with Gasteiger partial charge in [0, 0.05) is 49.0 Å². The molecule has 2 N–H and O–H groups in total. The van der Waals surface area contributed by atoms with Crippen LogP contribution in [-0.4, -0.2) is 65.9 Å². The molecular formula is C25H28N4O2. The fourth-order valence-electron chi connectivity index (χ4n) is 4.50. The van der Waals surface area contributed by atoms with E-state index in [0.29, 0.717) is 45.0 Å². The molecular weight excluding hydrogens is 388 g/mol. The van der Waals surface area contributed by atoms with Gasteiger partial charge < -0.3 is 15.2 Å². The Kier molecular flexibility index (Phi) is 5.24. The number of nitrogens with one attached hydrogen (secondary N) is 2. The number of carbonyl (C=O) groups is 2. The molecule has 1 saturated carbocycles. The van der Waals surface area contributed by atoms with Crippen LogP contribution in [0.4, 0.5) is 0 Å². The standard InChI is InChI=1S/C25H28N4O2/c30-23(26-18-25(10-11-25)20-7-2-1-3-8-20)17-28-12-14-29(15-13-28)24(31)22-16-19-6-4-5-9-21(19)27-22/h1-9,16,27H,10-15,17-18H2,(H,26,30). The van der Waals surface area contributed by atoms with Gasteiger partial charge in [0.2, 0.25) is 5.91 Å². The quantitative estimate of drug-likeness (QED) is 0.649. The Morgan fingerprint density at radius 1 is 0.935 bits per heavy atom. The van der Waals surface area contributed by atoms with Crippen LogP contribution in [0.3, 0.4) is 0 Å². The molecule has 2 heterocycles. The molecule has 1 aliphatic carbocycles. The van der Waals surface area contributed by atoms with Crippen molar-refractivity contribution in [2.45, 2.75) is 18.3 Å². The van der Waals surface area contributed by atoms with Crippen LogP contribution < -0.4 is 5.32 Å². The van der Waals surface area contributed by atoms with Crippen molar-refractivity contribution in [3.63, 3.8) is 0 Å². The fourth-order valence-corrected chi connectivity index (χ4v) is 4.50. The SMILES string of the molecule is O=C(CN1CCN(C(=O)c2cc3ccccc3[nH]2)CC1)NCC1(c2ccccc2)CC1. The highest BCUT2D eigenvalue weighted by Gasteiger charge is 2.44. The van der Waals surface area contributed by atoms with Crippen LogP contribution in [0.15, 0.2) is 60.7 Å². The van der Waals surface area contributed by atoms with E-state index < -0.39 is 0 Å². The van der Waals surface area contributed by atoms with E-state index in [-0.39, 0.29) is 17.2 Å². The van der Waals surface area contributed by atoms with Crippen LogP contribution in [0.5, 0.6) is 0 Å². The summed E-state index contributed by atoms with van der Waals surface area (Å²) in [5.41, 5.74) is 3.05. The summed E-state index contributed by atoms with van der Waals surface area (Å²) < 4.78 is 0. The Balaban J connectivity index is 1.10. The van der Waals surface area contributed by atoms with E-state index in [4.69, 9.17) is 0 Å². The Morgan fingerprint density at radius 2 is 1.65 bits per heavy atom. The third-order valence-corrected chi connectivity index (χ3v) is 6.65. The Bertz CT molecular complexity index is 1050. The van der Waals surface area contributed by atoms with Gasteiger partial charge in [0.25, 0.3) is 5.91 Å². The normalized spacial score (nSPS) is 18.1. The number of benzene rings is 2. The van der Waals surface area contributed by atoms with Gasteiger partial charge in [-0.2, -0.15) is 0 Å². The van der Waals surface area contributed by atoms with E-state index in [1.54, 1.807) is 0 Å². The van der Waals surface area contributed by atoms with E-state index in [1.807, 2.05) is 41.3 Å². The number of nitrogens with zero attached hydrogens (tertiary/aromatic N) is 2. The maximum atomic E-state index is 12.8. The Hall–Kier alpha value is -3.12. The first-order valence-electron chi connectivity index (χ1n) is 11.0. The molecule has 0 spiro atoms. The molecule has 1 aliphatic heterocycles. The van der Waals surface area contributed by atoms with Crippen molar-refractivity contribution in [3.8, 4) is 0 Å². The highest BCUT2D eigenvalue weighted by molar-refractivity contribution is 5.98. The van der Waals surface area contributed by atoms with Crippen LogP contribution in [0, 0.1) is 0 Å². The minimum atomic E-state index is 0.0267. The van der Waals surface area contributed by atoms with Gasteiger partial charge in [-0.25, -0.2) is 0 Å². The molecule has 2 aromatic carbocycles. The topological polar surface area (TPSA) is 68.4 Å². The predicted molar refractivity (Wildman–Crippen MR) is 121 cm³/mol. The number of fused-ring (bicyclic) bond motifs is 1. The molecule has 0 bridgehead atoms. The van der Waals surface area contributed by atoms with Gasteiger partial charge in [0.1, 0.15) is 5.69 Å². The molecule has 0 atom stereocenters. The number of aromatic amines is 1. The van der Waals surface area contributed by atoms with E-state index >= 15 is 0 Å². The maximum absolute atomic E-state index is 12.8. The van der Waals surface area contributed by atoms with Crippen LogP contribution in [0.2, 0.25) is 0 Å². The predicted octanol–water partition coefficient (Wildman–Crippen LogP) is 2.77.